The summed E-state index contributed by atoms with van der Waals surface area (Å²) in [6, 6.07) is 20.4. The van der Waals surface area contributed by atoms with Crippen LogP contribution in [0.15, 0.2) is 115 Å². The summed E-state index contributed by atoms with van der Waals surface area (Å²) in [5, 5.41) is 6.18. The summed E-state index contributed by atoms with van der Waals surface area (Å²) in [5.74, 6) is 0. The molecule has 3 aromatic rings. The van der Waals surface area contributed by atoms with E-state index in [-0.39, 0.29) is 6.04 Å². The monoisotopic (exact) mass is 640 g/mol. The number of pyridine rings is 1. The Morgan fingerprint density at radius 2 is 1.68 bits per heavy atom. The van der Waals surface area contributed by atoms with Crippen molar-refractivity contribution in [2.45, 2.75) is 76.4 Å². The third-order valence-corrected chi connectivity index (χ3v) is 9.60. The molecule has 1 unspecified atom stereocenters. The molecule has 1 aliphatic heterocycles. The third-order valence-electron chi connectivity index (χ3n) is 9.60. The van der Waals surface area contributed by atoms with Crippen LogP contribution in [0.3, 0.4) is 0 Å². The van der Waals surface area contributed by atoms with Gasteiger partial charge < -0.3 is 10.6 Å². The van der Waals surface area contributed by atoms with E-state index >= 15 is 0 Å². The highest BCUT2D eigenvalue weighted by Crippen LogP contribution is 2.54. The molecule has 2 N–H and O–H groups in total. The lowest BCUT2D eigenvalue weighted by Crippen LogP contribution is -2.42. The molecule has 47 heavy (non-hydrogen) atoms. The van der Waals surface area contributed by atoms with Gasteiger partial charge in [0.05, 0.1) is 17.3 Å². The number of hydrogen-bond acceptors (Lipinski definition) is 4. The molecule has 4 nitrogen and oxygen atoms in total. The molecule has 1 saturated heterocycles. The first-order valence-corrected chi connectivity index (χ1v) is 16.8. The van der Waals surface area contributed by atoms with Crippen LogP contribution < -0.4 is 10.6 Å². The number of piperidine rings is 1. The zero-order valence-electron chi connectivity index (χ0n) is 27.7. The van der Waals surface area contributed by atoms with Crippen molar-refractivity contribution in [2.75, 3.05) is 25.0 Å². The number of unbranched alkanes of at least 4 members (excludes halogenated alkanes) is 1. The third kappa shape index (κ3) is 7.90. The van der Waals surface area contributed by atoms with E-state index in [4.69, 9.17) is 4.98 Å². The number of fused-ring (bicyclic) bond motifs is 3. The Bertz CT molecular complexity index is 1560. The molecule has 5 rings (SSSR count). The van der Waals surface area contributed by atoms with Crippen LogP contribution in [0.1, 0.15) is 69.2 Å². The number of hydrogen-bond donors (Lipinski definition) is 2. The van der Waals surface area contributed by atoms with Crippen molar-refractivity contribution in [3.05, 3.63) is 132 Å². The second-order valence-electron chi connectivity index (χ2n) is 12.7. The Balaban J connectivity index is 1.23. The molecule has 2 aliphatic rings. The topological polar surface area (TPSA) is 40.2 Å². The van der Waals surface area contributed by atoms with E-state index in [1.807, 2.05) is 42.6 Å². The van der Waals surface area contributed by atoms with Crippen molar-refractivity contribution in [1.82, 2.24) is 15.2 Å². The van der Waals surface area contributed by atoms with Gasteiger partial charge in [-0.05, 0) is 92.5 Å². The fraction of sp³-hybridized carbons (Fsp3) is 0.375. The van der Waals surface area contributed by atoms with Crippen LogP contribution in [-0.4, -0.2) is 41.7 Å². The van der Waals surface area contributed by atoms with Gasteiger partial charge in [-0.15, -0.1) is 0 Å². The lowest BCUT2D eigenvalue weighted by molar-refractivity contribution is -0.123. The van der Waals surface area contributed by atoms with Gasteiger partial charge >= 0.3 is 6.18 Å². The number of nitrogens with zero attached hydrogens (tertiary/aromatic N) is 2. The SMILES string of the molecule is C=C(Nc1ccc(CCCCC2(C(=C)NCC(F)(F)F)c3ccccc3-c3ccccc32)nc1)C1CCCCN1CC(/C=C\C)=C/C. The maximum absolute atomic E-state index is 13.3. The zero-order valence-corrected chi connectivity index (χ0v) is 27.7. The Kier molecular flexibility index (Phi) is 11.1. The number of allylic oxidation sites excluding steroid dienone is 3. The fourth-order valence-electron chi connectivity index (χ4n) is 7.30. The highest BCUT2D eigenvalue weighted by Gasteiger charge is 2.45. The predicted octanol–water partition coefficient (Wildman–Crippen LogP) is 9.73. The minimum Gasteiger partial charge on any atom is -0.379 e. The minimum absolute atomic E-state index is 0.266. The molecular weight excluding hydrogens is 593 g/mol. The normalized spacial score (nSPS) is 17.7. The molecule has 0 bridgehead atoms. The number of nitrogens with one attached hydrogen (secondary N) is 2. The number of rotatable bonds is 14. The van der Waals surface area contributed by atoms with Gasteiger partial charge in [-0.3, -0.25) is 9.88 Å². The number of halogens is 3. The largest absolute Gasteiger partial charge is 0.405 e. The average Bonchev–Trinajstić information content (AvgIpc) is 3.36. The number of likely N-dealkylation sites (tertiary alicyclic amines) is 1. The second kappa shape index (κ2) is 15.2. The number of aromatic nitrogens is 1. The predicted molar refractivity (Wildman–Crippen MR) is 188 cm³/mol. The van der Waals surface area contributed by atoms with Crippen LogP contribution in [-0.2, 0) is 11.8 Å². The summed E-state index contributed by atoms with van der Waals surface area (Å²) in [5.41, 5.74) is 8.00. The molecule has 1 aromatic heterocycles. The molecule has 0 saturated carbocycles. The quantitative estimate of drug-likeness (QED) is 0.136. The maximum Gasteiger partial charge on any atom is 0.405 e. The molecule has 0 spiro atoms. The van der Waals surface area contributed by atoms with E-state index in [0.29, 0.717) is 12.1 Å². The highest BCUT2D eigenvalue weighted by molar-refractivity contribution is 5.83. The summed E-state index contributed by atoms with van der Waals surface area (Å²) >= 11 is 0. The van der Waals surface area contributed by atoms with Gasteiger partial charge in [-0.1, -0.05) is 92.8 Å². The number of benzene rings is 2. The van der Waals surface area contributed by atoms with Crippen molar-refractivity contribution in [3.8, 4) is 11.1 Å². The Labute approximate surface area is 278 Å². The molecule has 2 aromatic carbocycles. The summed E-state index contributed by atoms with van der Waals surface area (Å²) in [4.78, 5) is 7.25. The van der Waals surface area contributed by atoms with Crippen LogP contribution in [0.25, 0.3) is 11.1 Å². The summed E-state index contributed by atoms with van der Waals surface area (Å²) in [6.45, 7) is 13.6. The molecule has 248 valence electrons. The summed E-state index contributed by atoms with van der Waals surface area (Å²) < 4.78 is 39.8. The molecule has 7 heteroatoms. The van der Waals surface area contributed by atoms with Gasteiger partial charge in [0, 0.05) is 29.7 Å². The van der Waals surface area contributed by atoms with Crippen LogP contribution >= 0.6 is 0 Å². The van der Waals surface area contributed by atoms with Crippen LogP contribution in [0.5, 0.6) is 0 Å². The van der Waals surface area contributed by atoms with E-state index in [0.717, 1.165) is 78.1 Å². The molecule has 2 heterocycles. The first-order chi connectivity index (χ1) is 22.7. The van der Waals surface area contributed by atoms with Gasteiger partial charge in [-0.2, -0.15) is 13.2 Å². The fourth-order valence-corrected chi connectivity index (χ4v) is 7.30. The molecule has 1 fully saturated rings. The Hall–Kier alpha value is -4.10. The molecule has 1 aliphatic carbocycles. The smallest absolute Gasteiger partial charge is 0.379 e. The second-order valence-corrected chi connectivity index (χ2v) is 12.7. The van der Waals surface area contributed by atoms with Crippen molar-refractivity contribution in [1.29, 1.82) is 0 Å². The first kappa shape index (κ1) is 34.2. The van der Waals surface area contributed by atoms with Crippen LogP contribution in [0.2, 0.25) is 0 Å². The van der Waals surface area contributed by atoms with Gasteiger partial charge in [0.25, 0.3) is 0 Å². The molecular formula is C40H47F3N4. The van der Waals surface area contributed by atoms with Crippen molar-refractivity contribution in [2.24, 2.45) is 0 Å². The summed E-state index contributed by atoms with van der Waals surface area (Å²) in [7, 11) is 0. The first-order valence-electron chi connectivity index (χ1n) is 16.8. The van der Waals surface area contributed by atoms with Gasteiger partial charge in [0.15, 0.2) is 0 Å². The average molecular weight is 641 g/mol. The van der Waals surface area contributed by atoms with Crippen LogP contribution in [0.4, 0.5) is 18.9 Å². The van der Waals surface area contributed by atoms with Crippen molar-refractivity contribution >= 4 is 5.69 Å². The van der Waals surface area contributed by atoms with E-state index < -0.39 is 18.1 Å². The maximum atomic E-state index is 13.3. The van der Waals surface area contributed by atoms with E-state index in [1.165, 1.54) is 18.4 Å². The van der Waals surface area contributed by atoms with E-state index in [2.05, 4.69) is 85.0 Å². The number of alkyl halides is 3. The standard InChI is InChI=1S/C40H47F3N4/c1-5-15-31(6-2)27-47-25-14-12-21-38(47)29(3)46-33-23-22-32(44-26-33)16-11-13-24-39(30(4)45-28-40(41,42)43)36-19-9-7-17-34(36)35-18-8-10-20-37(35)39/h5-10,15,17-20,22-23,26,38,45-46H,3-4,11-14,16,21,24-25,27-28H2,1-2H3/b15-5-,31-6+. The highest BCUT2D eigenvalue weighted by atomic mass is 19.4. The number of aryl methyl sites for hydroxylation is 1. The van der Waals surface area contributed by atoms with Crippen molar-refractivity contribution < 1.29 is 13.2 Å². The van der Waals surface area contributed by atoms with Gasteiger partial charge in [0.2, 0.25) is 0 Å². The van der Waals surface area contributed by atoms with Gasteiger partial charge in [0.1, 0.15) is 6.54 Å². The molecule has 0 radical (unpaired) electrons. The summed E-state index contributed by atoms with van der Waals surface area (Å²) in [6.07, 6.45) is 10.5. The van der Waals surface area contributed by atoms with E-state index in [1.54, 1.807) is 0 Å². The number of anilines is 1. The zero-order chi connectivity index (χ0) is 33.4. The van der Waals surface area contributed by atoms with Crippen molar-refractivity contribution in [3.63, 3.8) is 0 Å². The van der Waals surface area contributed by atoms with Gasteiger partial charge in [-0.25, -0.2) is 0 Å². The Morgan fingerprint density at radius 3 is 2.30 bits per heavy atom. The van der Waals surface area contributed by atoms with Crippen LogP contribution in [0, 0.1) is 0 Å². The van der Waals surface area contributed by atoms with E-state index in [9.17, 15) is 13.2 Å². The lowest BCUT2D eigenvalue weighted by Gasteiger charge is -2.37. The minimum atomic E-state index is -4.33. The molecule has 0 amide bonds. The molecule has 1 atom stereocenters. The lowest BCUT2D eigenvalue weighted by atomic mass is 9.71. The Morgan fingerprint density at radius 1 is 0.979 bits per heavy atom.